The van der Waals surface area contributed by atoms with Gasteiger partial charge in [-0.2, -0.15) is 0 Å². The Morgan fingerprint density at radius 2 is 1.39 bits per heavy atom. The fraction of sp³-hybridized carbons (Fsp3) is 0.120. The Labute approximate surface area is 177 Å². The van der Waals surface area contributed by atoms with Crippen LogP contribution >= 0.6 is 0 Å². The van der Waals surface area contributed by atoms with Crippen molar-refractivity contribution in [2.45, 2.75) is 12.8 Å². The second-order valence-corrected chi connectivity index (χ2v) is 7.90. The number of nitrogen functional groups attached to an aromatic ring is 1. The molecule has 6 heteroatoms. The molecule has 0 saturated carbocycles. The summed E-state index contributed by atoms with van der Waals surface area (Å²) in [6, 6.07) is 16.4. The van der Waals surface area contributed by atoms with Gasteiger partial charge in [0.25, 0.3) is 0 Å². The lowest BCUT2D eigenvalue weighted by atomic mass is 9.96. The first-order valence-electron chi connectivity index (χ1n) is 10.2. The summed E-state index contributed by atoms with van der Waals surface area (Å²) in [6.45, 7) is 0.956. The highest BCUT2D eigenvalue weighted by atomic mass is 16.5. The standard InChI is InChI=1S/C25H18N2O4/c26-16-6-3-13(4-7-16)22-17-11-21-18(12-20(17)30-24(22)28)23(25(29)31-21)15-5-8-19-14(10-15)2-1-9-27-19/h3-8,10-12,27H,1-2,9,26H2. The second-order valence-electron chi connectivity index (χ2n) is 7.90. The Hall–Kier alpha value is -4.06. The highest BCUT2D eigenvalue weighted by molar-refractivity contribution is 6.21. The summed E-state index contributed by atoms with van der Waals surface area (Å²) in [6.07, 6.45) is 2.02. The van der Waals surface area contributed by atoms with Gasteiger partial charge in [0.05, 0.1) is 11.1 Å². The number of hydrogen-bond donors (Lipinski definition) is 2. The molecule has 0 unspecified atom stereocenters. The van der Waals surface area contributed by atoms with Gasteiger partial charge in [-0.05, 0) is 65.9 Å². The number of nitrogens with two attached hydrogens (primary N) is 1. The van der Waals surface area contributed by atoms with Crippen LogP contribution in [0.3, 0.4) is 0 Å². The van der Waals surface area contributed by atoms with Crippen molar-refractivity contribution in [3.05, 3.63) is 81.7 Å². The van der Waals surface area contributed by atoms with Crippen LogP contribution in [0.5, 0.6) is 11.5 Å². The van der Waals surface area contributed by atoms with Crippen LogP contribution in [0.1, 0.15) is 23.1 Å². The Morgan fingerprint density at radius 1 is 0.774 bits per heavy atom. The molecular formula is C25H18N2O4. The van der Waals surface area contributed by atoms with Crippen molar-refractivity contribution in [1.29, 1.82) is 0 Å². The van der Waals surface area contributed by atoms with Crippen molar-refractivity contribution < 1.29 is 19.1 Å². The van der Waals surface area contributed by atoms with E-state index in [0.29, 0.717) is 44.3 Å². The van der Waals surface area contributed by atoms with Crippen LogP contribution in [-0.4, -0.2) is 18.5 Å². The first-order chi connectivity index (χ1) is 15.1. The lowest BCUT2D eigenvalue weighted by molar-refractivity contribution is -0.128. The first kappa shape index (κ1) is 17.8. The molecule has 3 aromatic rings. The molecule has 0 amide bonds. The molecule has 3 aliphatic rings. The van der Waals surface area contributed by atoms with Crippen molar-refractivity contribution in [3.8, 4) is 11.5 Å². The Morgan fingerprint density at radius 3 is 2.06 bits per heavy atom. The molecule has 31 heavy (non-hydrogen) atoms. The third-order valence-corrected chi connectivity index (χ3v) is 5.97. The number of nitrogens with one attached hydrogen (secondary N) is 1. The highest BCUT2D eigenvalue weighted by Crippen LogP contribution is 2.30. The number of benzene rings is 3. The van der Waals surface area contributed by atoms with Crippen LogP contribution in [-0.2, 0) is 16.0 Å². The SMILES string of the molecule is Nc1ccc(C2=c3cc4c(cc3OC2=O)=C(c2ccc3c(c2)CCCN3)C(=O)O4)cc1. The fourth-order valence-corrected chi connectivity index (χ4v) is 4.47. The van der Waals surface area contributed by atoms with Crippen LogP contribution in [0.25, 0.3) is 11.1 Å². The van der Waals surface area contributed by atoms with E-state index in [1.807, 2.05) is 18.2 Å². The molecule has 0 saturated heterocycles. The fourth-order valence-electron chi connectivity index (χ4n) is 4.47. The summed E-state index contributed by atoms with van der Waals surface area (Å²) in [5, 5.41) is 4.63. The minimum Gasteiger partial charge on any atom is -0.422 e. The number of anilines is 2. The molecule has 0 radical (unpaired) electrons. The zero-order valence-electron chi connectivity index (χ0n) is 16.5. The maximum absolute atomic E-state index is 12.8. The molecule has 3 N–H and O–H groups in total. The molecule has 0 fully saturated rings. The number of ether oxygens (including phenoxy) is 2. The molecule has 6 rings (SSSR count). The molecule has 6 nitrogen and oxygen atoms in total. The van der Waals surface area contributed by atoms with Crippen molar-refractivity contribution in [1.82, 2.24) is 0 Å². The Bertz CT molecular complexity index is 1420. The smallest absolute Gasteiger partial charge is 0.344 e. The summed E-state index contributed by atoms with van der Waals surface area (Å²) in [7, 11) is 0. The van der Waals surface area contributed by atoms with Crippen LogP contribution in [0.15, 0.2) is 54.6 Å². The highest BCUT2D eigenvalue weighted by Gasteiger charge is 2.30. The number of carbonyl (C=O) groups is 2. The third kappa shape index (κ3) is 2.72. The van der Waals surface area contributed by atoms with E-state index >= 15 is 0 Å². The van der Waals surface area contributed by atoms with Crippen LogP contribution < -0.4 is 31.0 Å². The molecule has 3 aliphatic heterocycles. The minimum absolute atomic E-state index is 0.400. The minimum atomic E-state index is -0.434. The van der Waals surface area contributed by atoms with Gasteiger partial charge in [-0.15, -0.1) is 0 Å². The Balaban J connectivity index is 1.56. The van der Waals surface area contributed by atoms with Gasteiger partial charge in [0.15, 0.2) is 0 Å². The topological polar surface area (TPSA) is 90.6 Å². The van der Waals surface area contributed by atoms with Crippen LogP contribution in [0.4, 0.5) is 11.4 Å². The molecular weight excluding hydrogens is 392 g/mol. The van der Waals surface area contributed by atoms with E-state index in [0.717, 1.165) is 30.6 Å². The summed E-state index contributed by atoms with van der Waals surface area (Å²) < 4.78 is 11.1. The van der Waals surface area contributed by atoms with Crippen LogP contribution in [0, 0.1) is 0 Å². The van der Waals surface area contributed by atoms with Gasteiger partial charge in [0.2, 0.25) is 0 Å². The maximum atomic E-state index is 12.8. The predicted octanol–water partition coefficient (Wildman–Crippen LogP) is 1.86. The lowest BCUT2D eigenvalue weighted by Gasteiger charge is -2.18. The van der Waals surface area contributed by atoms with Crippen molar-refractivity contribution in [2.75, 3.05) is 17.6 Å². The van der Waals surface area contributed by atoms with E-state index in [-0.39, 0.29) is 0 Å². The number of esters is 2. The quantitative estimate of drug-likeness (QED) is 0.381. The van der Waals surface area contributed by atoms with E-state index in [2.05, 4.69) is 5.32 Å². The molecule has 0 atom stereocenters. The van der Waals surface area contributed by atoms with E-state index < -0.39 is 11.9 Å². The average Bonchev–Trinajstić information content (AvgIpc) is 3.26. The molecule has 3 aromatic carbocycles. The van der Waals surface area contributed by atoms with Gasteiger partial charge in [-0.25, -0.2) is 9.59 Å². The average molecular weight is 410 g/mol. The maximum Gasteiger partial charge on any atom is 0.344 e. The zero-order chi connectivity index (χ0) is 21.1. The second kappa shape index (κ2) is 6.47. The van der Waals surface area contributed by atoms with Crippen LogP contribution in [0.2, 0.25) is 0 Å². The summed E-state index contributed by atoms with van der Waals surface area (Å²) in [5.74, 6) is 0.0192. The summed E-state index contributed by atoms with van der Waals surface area (Å²) in [5.41, 5.74) is 11.1. The number of rotatable bonds is 2. The van der Waals surface area contributed by atoms with E-state index in [9.17, 15) is 9.59 Å². The monoisotopic (exact) mass is 410 g/mol. The number of fused-ring (bicyclic) bond motifs is 3. The van der Waals surface area contributed by atoms with E-state index in [1.54, 1.807) is 36.4 Å². The summed E-state index contributed by atoms with van der Waals surface area (Å²) in [4.78, 5) is 25.4. The number of hydrogen-bond acceptors (Lipinski definition) is 6. The largest absolute Gasteiger partial charge is 0.422 e. The van der Waals surface area contributed by atoms with Gasteiger partial charge in [0, 0.05) is 28.4 Å². The molecule has 0 bridgehead atoms. The van der Waals surface area contributed by atoms with E-state index in [4.69, 9.17) is 15.2 Å². The number of carbonyl (C=O) groups excluding carboxylic acids is 2. The molecule has 152 valence electrons. The number of aryl methyl sites for hydroxylation is 1. The van der Waals surface area contributed by atoms with Gasteiger partial charge in [-0.1, -0.05) is 18.2 Å². The van der Waals surface area contributed by atoms with Crippen molar-refractivity contribution in [2.24, 2.45) is 0 Å². The first-order valence-corrected chi connectivity index (χ1v) is 10.2. The lowest BCUT2D eigenvalue weighted by Crippen LogP contribution is -2.14. The van der Waals surface area contributed by atoms with Gasteiger partial charge >= 0.3 is 11.9 Å². The summed E-state index contributed by atoms with van der Waals surface area (Å²) >= 11 is 0. The van der Waals surface area contributed by atoms with Gasteiger partial charge in [-0.3, -0.25) is 0 Å². The third-order valence-electron chi connectivity index (χ3n) is 5.97. The van der Waals surface area contributed by atoms with Gasteiger partial charge in [0.1, 0.15) is 11.5 Å². The molecule has 0 spiro atoms. The van der Waals surface area contributed by atoms with Crippen molar-refractivity contribution >= 4 is 34.5 Å². The van der Waals surface area contributed by atoms with E-state index in [1.165, 1.54) is 5.56 Å². The predicted molar refractivity (Wildman–Crippen MR) is 116 cm³/mol. The molecule has 3 heterocycles. The molecule has 0 aromatic heterocycles. The van der Waals surface area contributed by atoms with Gasteiger partial charge < -0.3 is 20.5 Å². The zero-order valence-corrected chi connectivity index (χ0v) is 16.5. The normalized spacial score (nSPS) is 16.3. The van der Waals surface area contributed by atoms with Crippen molar-refractivity contribution in [3.63, 3.8) is 0 Å². The Kier molecular flexibility index (Phi) is 3.71. The molecule has 0 aliphatic carbocycles.